The first-order valence-electron chi connectivity index (χ1n) is 5.24. The van der Waals surface area contributed by atoms with Crippen LogP contribution in [0.1, 0.15) is 12.7 Å². The van der Waals surface area contributed by atoms with Gasteiger partial charge in [0, 0.05) is 17.1 Å². The molecule has 0 saturated carbocycles. The van der Waals surface area contributed by atoms with Gasteiger partial charge in [0.15, 0.2) is 0 Å². The van der Waals surface area contributed by atoms with E-state index in [9.17, 15) is 4.39 Å². The molecule has 0 atom stereocenters. The average molecular weight is 252 g/mol. The lowest BCUT2D eigenvalue weighted by atomic mass is 10.3. The molecule has 0 radical (unpaired) electrons. The van der Waals surface area contributed by atoms with Crippen LogP contribution in [0.4, 0.5) is 10.1 Å². The van der Waals surface area contributed by atoms with Gasteiger partial charge in [-0.25, -0.2) is 14.1 Å². The molecule has 2 N–H and O–H groups in total. The minimum absolute atomic E-state index is 0.315. The summed E-state index contributed by atoms with van der Waals surface area (Å²) in [6, 6.07) is 4.52. The summed E-state index contributed by atoms with van der Waals surface area (Å²) in [6.45, 7) is 2.78. The normalized spacial score (nSPS) is 10.7. The molecule has 4 nitrogen and oxygen atoms in total. The number of nitrogens with two attached hydrogens (primary N) is 1. The molecule has 1 heterocycles. The number of halogens is 1. The van der Waals surface area contributed by atoms with Gasteiger partial charge in [0.1, 0.15) is 18.0 Å². The molecule has 0 spiro atoms. The Hall–Kier alpha value is -1.56. The summed E-state index contributed by atoms with van der Waals surface area (Å²) in [5.41, 5.74) is 6.01. The van der Waals surface area contributed by atoms with Crippen molar-refractivity contribution >= 4 is 17.4 Å². The Morgan fingerprint density at radius 1 is 1.41 bits per heavy atom. The lowest BCUT2D eigenvalue weighted by molar-refractivity contribution is 0.624. The van der Waals surface area contributed by atoms with Crippen LogP contribution in [0.2, 0.25) is 0 Å². The molecule has 2 rings (SSSR count). The van der Waals surface area contributed by atoms with Crippen LogP contribution in [0.5, 0.6) is 0 Å². The number of nitrogens with zero attached hydrogens (tertiary/aromatic N) is 3. The Kier molecular flexibility index (Phi) is 3.63. The largest absolute Gasteiger partial charge is 0.399 e. The van der Waals surface area contributed by atoms with Crippen LogP contribution in [-0.4, -0.2) is 14.8 Å². The van der Waals surface area contributed by atoms with E-state index in [0.717, 1.165) is 17.3 Å². The molecule has 0 aliphatic carbocycles. The van der Waals surface area contributed by atoms with E-state index < -0.39 is 0 Å². The Morgan fingerprint density at radius 3 is 2.94 bits per heavy atom. The number of hydrogen-bond acceptors (Lipinski definition) is 4. The number of nitrogen functional groups attached to an aromatic ring is 1. The lowest BCUT2D eigenvalue weighted by Crippen LogP contribution is -2.02. The highest BCUT2D eigenvalue weighted by Gasteiger charge is 2.05. The van der Waals surface area contributed by atoms with Crippen molar-refractivity contribution in [2.45, 2.75) is 24.1 Å². The SMILES string of the molecule is CCn1ncnc1CSc1cc(N)cc(F)c1. The summed E-state index contributed by atoms with van der Waals surface area (Å²) in [5.74, 6) is 1.21. The Labute approximate surface area is 103 Å². The zero-order valence-electron chi connectivity index (χ0n) is 9.43. The summed E-state index contributed by atoms with van der Waals surface area (Å²) in [6.07, 6.45) is 1.53. The van der Waals surface area contributed by atoms with E-state index in [1.807, 2.05) is 11.6 Å². The van der Waals surface area contributed by atoms with Crippen LogP contribution >= 0.6 is 11.8 Å². The van der Waals surface area contributed by atoms with Crippen molar-refractivity contribution in [3.05, 3.63) is 36.2 Å². The first-order chi connectivity index (χ1) is 8.19. The topological polar surface area (TPSA) is 56.7 Å². The van der Waals surface area contributed by atoms with Gasteiger partial charge in [-0.05, 0) is 25.1 Å². The van der Waals surface area contributed by atoms with Crippen molar-refractivity contribution in [1.82, 2.24) is 14.8 Å². The van der Waals surface area contributed by atoms with Crippen molar-refractivity contribution < 1.29 is 4.39 Å². The van der Waals surface area contributed by atoms with Crippen molar-refractivity contribution in [1.29, 1.82) is 0 Å². The standard InChI is InChI=1S/C11H13FN4S/c1-2-16-11(14-7-15-16)6-17-10-4-8(12)3-9(13)5-10/h3-5,7H,2,6,13H2,1H3. The molecule has 1 aromatic carbocycles. The first-order valence-corrected chi connectivity index (χ1v) is 6.23. The first kappa shape index (κ1) is 11.9. The molecular formula is C11H13FN4S. The number of thioether (sulfide) groups is 1. The predicted molar refractivity (Wildman–Crippen MR) is 66.1 cm³/mol. The van der Waals surface area contributed by atoms with Crippen LogP contribution < -0.4 is 5.73 Å². The third-order valence-corrected chi connectivity index (χ3v) is 3.23. The lowest BCUT2D eigenvalue weighted by Gasteiger charge is -2.04. The Morgan fingerprint density at radius 2 is 2.24 bits per heavy atom. The van der Waals surface area contributed by atoms with E-state index in [0.29, 0.717) is 11.4 Å². The molecule has 0 aliphatic rings. The van der Waals surface area contributed by atoms with Gasteiger partial charge in [0.05, 0.1) is 5.75 Å². The number of hydrogen-bond donors (Lipinski definition) is 1. The van der Waals surface area contributed by atoms with Crippen LogP contribution in [0, 0.1) is 5.82 Å². The van der Waals surface area contributed by atoms with Gasteiger partial charge in [0.2, 0.25) is 0 Å². The second-order valence-electron chi connectivity index (χ2n) is 3.50. The molecule has 6 heteroatoms. The third-order valence-electron chi connectivity index (χ3n) is 2.26. The molecule has 0 bridgehead atoms. The highest BCUT2D eigenvalue weighted by atomic mass is 32.2. The van der Waals surface area contributed by atoms with E-state index in [-0.39, 0.29) is 5.82 Å². The Balaban J connectivity index is 2.07. The number of benzene rings is 1. The fourth-order valence-electron chi connectivity index (χ4n) is 1.48. The number of aromatic nitrogens is 3. The van der Waals surface area contributed by atoms with Gasteiger partial charge in [-0.1, -0.05) is 0 Å². The Bertz CT molecular complexity index is 492. The van der Waals surface area contributed by atoms with Crippen LogP contribution in [0.25, 0.3) is 0 Å². The summed E-state index contributed by atoms with van der Waals surface area (Å²) in [7, 11) is 0. The maximum Gasteiger partial charge on any atom is 0.138 e. The van der Waals surface area contributed by atoms with E-state index in [1.165, 1.54) is 30.2 Å². The van der Waals surface area contributed by atoms with Gasteiger partial charge in [0.25, 0.3) is 0 Å². The van der Waals surface area contributed by atoms with Gasteiger partial charge >= 0.3 is 0 Å². The van der Waals surface area contributed by atoms with Crippen LogP contribution in [0.3, 0.4) is 0 Å². The highest BCUT2D eigenvalue weighted by molar-refractivity contribution is 7.98. The zero-order valence-corrected chi connectivity index (χ0v) is 10.2. The van der Waals surface area contributed by atoms with Crippen LogP contribution in [0.15, 0.2) is 29.4 Å². The molecule has 0 saturated heterocycles. The maximum atomic E-state index is 13.1. The molecule has 0 aliphatic heterocycles. The second kappa shape index (κ2) is 5.18. The predicted octanol–water partition coefficient (Wildman–Crippen LogP) is 2.31. The molecule has 0 fully saturated rings. The van der Waals surface area contributed by atoms with Crippen molar-refractivity contribution in [2.24, 2.45) is 0 Å². The smallest absolute Gasteiger partial charge is 0.138 e. The molecule has 17 heavy (non-hydrogen) atoms. The number of rotatable bonds is 4. The van der Waals surface area contributed by atoms with Crippen molar-refractivity contribution in [3.8, 4) is 0 Å². The summed E-state index contributed by atoms with van der Waals surface area (Å²) in [4.78, 5) is 4.95. The fraction of sp³-hybridized carbons (Fsp3) is 0.273. The number of aryl methyl sites for hydroxylation is 1. The average Bonchev–Trinajstić information content (AvgIpc) is 2.72. The molecule has 2 aromatic rings. The monoisotopic (exact) mass is 252 g/mol. The second-order valence-corrected chi connectivity index (χ2v) is 4.55. The maximum absolute atomic E-state index is 13.1. The van der Waals surface area contributed by atoms with Gasteiger partial charge in [-0.2, -0.15) is 5.10 Å². The van der Waals surface area contributed by atoms with E-state index in [4.69, 9.17) is 5.73 Å². The summed E-state index contributed by atoms with van der Waals surface area (Å²) in [5, 5.41) is 4.08. The minimum Gasteiger partial charge on any atom is -0.399 e. The van der Waals surface area contributed by atoms with E-state index >= 15 is 0 Å². The quantitative estimate of drug-likeness (QED) is 0.670. The van der Waals surface area contributed by atoms with Gasteiger partial charge < -0.3 is 5.73 Å². The third kappa shape index (κ3) is 2.97. The summed E-state index contributed by atoms with van der Waals surface area (Å²) < 4.78 is 14.9. The van der Waals surface area contributed by atoms with Crippen molar-refractivity contribution in [3.63, 3.8) is 0 Å². The highest BCUT2D eigenvalue weighted by Crippen LogP contribution is 2.24. The van der Waals surface area contributed by atoms with E-state index in [1.54, 1.807) is 6.07 Å². The molecule has 0 amide bonds. The minimum atomic E-state index is -0.315. The van der Waals surface area contributed by atoms with E-state index in [2.05, 4.69) is 10.1 Å². The van der Waals surface area contributed by atoms with Gasteiger partial charge in [-0.3, -0.25) is 0 Å². The molecule has 0 unspecified atom stereocenters. The van der Waals surface area contributed by atoms with Crippen molar-refractivity contribution in [2.75, 3.05) is 5.73 Å². The van der Waals surface area contributed by atoms with Gasteiger partial charge in [-0.15, -0.1) is 11.8 Å². The fourth-order valence-corrected chi connectivity index (χ4v) is 2.41. The zero-order chi connectivity index (χ0) is 12.3. The molecular weight excluding hydrogens is 239 g/mol. The molecule has 90 valence electrons. The van der Waals surface area contributed by atoms with Crippen LogP contribution in [-0.2, 0) is 12.3 Å². The number of anilines is 1. The molecule has 1 aromatic heterocycles. The summed E-state index contributed by atoms with van der Waals surface area (Å²) >= 11 is 1.49.